The maximum absolute atomic E-state index is 13.0. The van der Waals surface area contributed by atoms with E-state index in [-0.39, 0.29) is 11.8 Å². The Morgan fingerprint density at radius 1 is 0.585 bits per heavy atom. The van der Waals surface area contributed by atoms with E-state index in [1.165, 1.54) is 0 Å². The molecule has 0 fully saturated rings. The van der Waals surface area contributed by atoms with Crippen LogP contribution in [0.2, 0.25) is 0 Å². The Morgan fingerprint density at radius 3 is 1.53 bits per heavy atom. The van der Waals surface area contributed by atoms with E-state index in [9.17, 15) is 28.8 Å². The predicted molar refractivity (Wildman–Crippen MR) is 201 cm³/mol. The lowest BCUT2D eigenvalue weighted by molar-refractivity contribution is -0.147. The Labute approximate surface area is 311 Å². The zero-order chi connectivity index (χ0) is 39.7. The molecule has 0 saturated carbocycles. The number of ketones is 2. The van der Waals surface area contributed by atoms with Crippen LogP contribution in [0, 0.1) is 11.8 Å². The lowest BCUT2D eigenvalue weighted by atomic mass is 9.98. The van der Waals surface area contributed by atoms with Gasteiger partial charge in [0, 0.05) is 11.1 Å². The molecule has 3 aromatic rings. The van der Waals surface area contributed by atoms with Crippen molar-refractivity contribution in [2.24, 2.45) is 11.8 Å². The Kier molecular flexibility index (Phi) is 14.3. The monoisotopic (exact) mass is 732 g/mol. The van der Waals surface area contributed by atoms with E-state index in [0.29, 0.717) is 17.5 Å². The molecule has 3 aromatic carbocycles. The molecule has 0 bridgehead atoms. The average molecular weight is 733 g/mol. The molecule has 0 aromatic heterocycles. The first-order valence-electron chi connectivity index (χ1n) is 17.7. The summed E-state index contributed by atoms with van der Waals surface area (Å²) in [6.45, 7) is 16.5. The summed E-state index contributed by atoms with van der Waals surface area (Å²) in [4.78, 5) is 76.0. The standard InChI is InChI=1S/C41H52N2O10/c1-11-25(4)35(43-39(49)53-41(8,9)10)37(47)51-23-33(45)31-19-18-29-20-28(16-17-30(29)21-31)26-12-14-27(15-13-26)32(44)22-50-36(46)34(24(2)3)42-38(48)52-40(5,6)7/h12-21,24-25,34-35H,11,22-23H2,1-10H3,(H,42,48)(H,43,49)/t25?,34-,35-/m0/s1. The summed E-state index contributed by atoms with van der Waals surface area (Å²) in [5.74, 6) is -2.80. The van der Waals surface area contributed by atoms with Gasteiger partial charge in [-0.05, 0) is 87.4 Å². The van der Waals surface area contributed by atoms with Crippen LogP contribution in [-0.2, 0) is 28.5 Å². The Hall–Kier alpha value is -5.26. The number of esters is 2. The second-order valence-corrected chi connectivity index (χ2v) is 15.3. The highest BCUT2D eigenvalue weighted by atomic mass is 16.6. The van der Waals surface area contributed by atoms with Crippen molar-refractivity contribution in [2.75, 3.05) is 13.2 Å². The van der Waals surface area contributed by atoms with Crippen LogP contribution in [0.1, 0.15) is 96.4 Å². The number of carbonyl (C=O) groups is 6. The maximum Gasteiger partial charge on any atom is 0.408 e. The predicted octanol–water partition coefficient (Wildman–Crippen LogP) is 7.45. The summed E-state index contributed by atoms with van der Waals surface area (Å²) in [6.07, 6.45) is -0.903. The topological polar surface area (TPSA) is 163 Å². The first kappa shape index (κ1) is 42.2. The molecule has 3 atom stereocenters. The van der Waals surface area contributed by atoms with Crippen molar-refractivity contribution in [1.29, 1.82) is 0 Å². The fraction of sp³-hybridized carbons (Fsp3) is 0.463. The van der Waals surface area contributed by atoms with E-state index in [0.717, 1.165) is 21.9 Å². The minimum absolute atomic E-state index is 0.250. The van der Waals surface area contributed by atoms with Crippen molar-refractivity contribution in [2.45, 2.75) is 98.9 Å². The summed E-state index contributed by atoms with van der Waals surface area (Å²) >= 11 is 0. The summed E-state index contributed by atoms with van der Waals surface area (Å²) < 4.78 is 21.1. The van der Waals surface area contributed by atoms with Crippen LogP contribution < -0.4 is 10.6 Å². The van der Waals surface area contributed by atoms with Crippen molar-refractivity contribution in [1.82, 2.24) is 10.6 Å². The van der Waals surface area contributed by atoms with Crippen LogP contribution in [0.15, 0.2) is 60.7 Å². The van der Waals surface area contributed by atoms with Crippen molar-refractivity contribution in [3.05, 3.63) is 71.8 Å². The molecule has 0 aliphatic rings. The molecule has 0 spiro atoms. The van der Waals surface area contributed by atoms with Crippen molar-refractivity contribution >= 4 is 46.5 Å². The summed E-state index contributed by atoms with van der Waals surface area (Å²) in [5.41, 5.74) is 0.945. The third kappa shape index (κ3) is 13.0. The average Bonchev–Trinajstić information content (AvgIpc) is 3.08. The molecule has 286 valence electrons. The van der Waals surface area contributed by atoms with Crippen LogP contribution in [0.3, 0.4) is 0 Å². The van der Waals surface area contributed by atoms with Crippen molar-refractivity contribution < 1.29 is 47.7 Å². The van der Waals surface area contributed by atoms with Gasteiger partial charge in [-0.3, -0.25) is 9.59 Å². The van der Waals surface area contributed by atoms with Gasteiger partial charge < -0.3 is 29.6 Å². The number of ether oxygens (including phenoxy) is 4. The second-order valence-electron chi connectivity index (χ2n) is 15.3. The number of amides is 2. The third-order valence-corrected chi connectivity index (χ3v) is 8.13. The van der Waals surface area contributed by atoms with Crippen LogP contribution in [-0.4, -0.2) is 72.2 Å². The molecule has 12 heteroatoms. The molecule has 0 aliphatic carbocycles. The molecule has 0 radical (unpaired) electrons. The van der Waals surface area contributed by atoms with Gasteiger partial charge in [0.25, 0.3) is 0 Å². The van der Waals surface area contributed by atoms with Crippen LogP contribution in [0.25, 0.3) is 21.9 Å². The van der Waals surface area contributed by atoms with E-state index < -0.39 is 72.2 Å². The van der Waals surface area contributed by atoms with Gasteiger partial charge in [-0.15, -0.1) is 0 Å². The SMILES string of the molecule is CCC(C)[C@H](NC(=O)OC(C)(C)C)C(=O)OCC(=O)c1ccc2cc(-c3ccc(C(=O)COC(=O)[C@@H](NC(=O)OC(C)(C)C)C(C)C)cc3)ccc2c1. The van der Waals surface area contributed by atoms with Gasteiger partial charge in [0.2, 0.25) is 0 Å². The second kappa shape index (κ2) is 18.0. The molecule has 0 heterocycles. The number of alkyl carbamates (subject to hydrolysis) is 2. The van der Waals surface area contributed by atoms with Gasteiger partial charge in [0.05, 0.1) is 0 Å². The Bertz CT molecular complexity index is 1800. The van der Waals surface area contributed by atoms with Crippen molar-refractivity contribution in [3.63, 3.8) is 0 Å². The first-order valence-corrected chi connectivity index (χ1v) is 17.7. The molecular weight excluding hydrogens is 680 g/mol. The Morgan fingerprint density at radius 2 is 1.02 bits per heavy atom. The fourth-order valence-electron chi connectivity index (χ4n) is 5.10. The van der Waals surface area contributed by atoms with E-state index >= 15 is 0 Å². The lowest BCUT2D eigenvalue weighted by Gasteiger charge is -2.25. The van der Waals surface area contributed by atoms with Gasteiger partial charge in [-0.1, -0.05) is 82.6 Å². The van der Waals surface area contributed by atoms with E-state index in [4.69, 9.17) is 18.9 Å². The number of benzene rings is 3. The highest BCUT2D eigenvalue weighted by Crippen LogP contribution is 2.26. The molecule has 0 aliphatic heterocycles. The Balaban J connectivity index is 1.61. The zero-order valence-corrected chi connectivity index (χ0v) is 32.3. The zero-order valence-electron chi connectivity index (χ0n) is 32.3. The van der Waals surface area contributed by atoms with Gasteiger partial charge in [-0.2, -0.15) is 0 Å². The van der Waals surface area contributed by atoms with Gasteiger partial charge >= 0.3 is 24.1 Å². The number of nitrogens with one attached hydrogen (secondary N) is 2. The van der Waals surface area contributed by atoms with Crippen LogP contribution in [0.4, 0.5) is 9.59 Å². The molecule has 2 N–H and O–H groups in total. The summed E-state index contributed by atoms with van der Waals surface area (Å²) in [6, 6.07) is 15.8. The minimum Gasteiger partial charge on any atom is -0.456 e. The van der Waals surface area contributed by atoms with Gasteiger partial charge in [0.1, 0.15) is 23.3 Å². The maximum atomic E-state index is 13.0. The fourth-order valence-corrected chi connectivity index (χ4v) is 5.10. The number of fused-ring (bicyclic) bond motifs is 1. The molecule has 12 nitrogen and oxygen atoms in total. The van der Waals surface area contributed by atoms with Crippen molar-refractivity contribution in [3.8, 4) is 11.1 Å². The minimum atomic E-state index is -0.985. The van der Waals surface area contributed by atoms with Gasteiger partial charge in [-0.25, -0.2) is 19.2 Å². The first-order chi connectivity index (χ1) is 24.7. The van der Waals surface area contributed by atoms with Crippen LogP contribution in [0.5, 0.6) is 0 Å². The normalized spacial score (nSPS) is 13.3. The smallest absolute Gasteiger partial charge is 0.408 e. The molecule has 53 heavy (non-hydrogen) atoms. The number of rotatable bonds is 14. The number of carbonyl (C=O) groups excluding carboxylic acids is 6. The molecular formula is C41H52N2O10. The molecule has 2 amide bonds. The van der Waals surface area contributed by atoms with Gasteiger partial charge in [0.15, 0.2) is 24.8 Å². The summed E-state index contributed by atoms with van der Waals surface area (Å²) in [5, 5.41) is 6.74. The third-order valence-electron chi connectivity index (χ3n) is 8.13. The molecule has 3 rings (SSSR count). The number of Topliss-reactive ketones (excluding diaryl/α,β-unsaturated/α-hetero) is 2. The highest BCUT2D eigenvalue weighted by Gasteiger charge is 2.31. The largest absolute Gasteiger partial charge is 0.456 e. The van der Waals surface area contributed by atoms with E-state index in [2.05, 4.69) is 10.6 Å². The number of hydrogen-bond acceptors (Lipinski definition) is 10. The summed E-state index contributed by atoms with van der Waals surface area (Å²) in [7, 11) is 0. The molecule has 0 saturated heterocycles. The van der Waals surface area contributed by atoms with Crippen LogP contribution >= 0.6 is 0 Å². The lowest BCUT2D eigenvalue weighted by Crippen LogP contribution is -2.48. The van der Waals surface area contributed by atoms with E-state index in [1.807, 2.05) is 25.1 Å². The molecule has 1 unspecified atom stereocenters. The highest BCUT2D eigenvalue weighted by molar-refractivity contribution is 6.02. The van der Waals surface area contributed by atoms with E-state index in [1.54, 1.807) is 105 Å². The number of hydrogen-bond donors (Lipinski definition) is 2. The quantitative estimate of drug-likeness (QED) is 0.0967.